The molecular formula is C60H101N4O20P. The summed E-state index contributed by atoms with van der Waals surface area (Å²) in [5, 5.41) is 47.9. The number of likely N-dealkylation sites (N-methyl/N-ethyl adjacent to an activating group) is 1. The smallest absolute Gasteiger partial charge is 0.448 e. The number of aliphatic hydroxyl groups excluding tert-OH is 4. The molecular weight excluding hydrogens is 1130 g/mol. The lowest BCUT2D eigenvalue weighted by molar-refractivity contribution is -0.366. The molecule has 25 heteroatoms. The summed E-state index contributed by atoms with van der Waals surface area (Å²) >= 11 is 0. The number of carbonyl (C=O) groups is 2. The standard InChI is InChI=1S/C60H101N4O20P/c1-32(25-47(61)66)21-19-22-33(2)34(3)26-35(4)48(67)38(7)43(65)28-45(75-15)52-55(84-85(71,72)73)59(10,11)60(83-52)29-46(81-58-54(78-18)53(77-17)51(76-16)40(9)80-58)39(8)44(82-60)24-20-23-41-30-79-57(63-41)36(5)27-37(6)62-56(70)50(69)49(68)42(31-74-14)64(12)13/h19-23,25-26,30,35-40,42-46,48-55,58,65,67-69H,24,27-29,31H2,1-18H3,(H2,61,66)(H,62,70)(H2,71,72,73)/b21-19+,23-20+,32-25-,33-22+,34-26+/t35-,36+,37-,38+,39-,40+,42+,43+,44+,45+,46+,48-,49+,50+,51+,52-,53-,54-,55+,58+,60+/m1/s1. The molecule has 0 bridgehead atoms. The molecule has 3 aliphatic heterocycles. The summed E-state index contributed by atoms with van der Waals surface area (Å²) in [6, 6.07) is -1.06. The number of aromatic nitrogens is 1. The number of nitrogens with two attached hydrogens (primary N) is 1. The fraction of sp³-hybridized carbons (Fsp3) is 0.750. The number of allylic oxidation sites excluding steroid dienone is 6. The van der Waals surface area contributed by atoms with Gasteiger partial charge in [0.25, 0.3) is 5.91 Å². The van der Waals surface area contributed by atoms with E-state index in [4.69, 9.17) is 62.3 Å². The molecule has 486 valence electrons. The molecule has 0 radical (unpaired) electrons. The summed E-state index contributed by atoms with van der Waals surface area (Å²) in [6.07, 6.45) is 0.312. The highest BCUT2D eigenvalue weighted by atomic mass is 31.2. The van der Waals surface area contributed by atoms with Crippen molar-refractivity contribution in [1.82, 2.24) is 15.2 Å². The van der Waals surface area contributed by atoms with E-state index in [1.807, 2.05) is 59.8 Å². The van der Waals surface area contributed by atoms with Gasteiger partial charge in [-0.2, -0.15) is 0 Å². The minimum absolute atomic E-state index is 0.00700. The van der Waals surface area contributed by atoms with E-state index in [2.05, 4.69) is 5.32 Å². The van der Waals surface area contributed by atoms with Gasteiger partial charge >= 0.3 is 7.82 Å². The van der Waals surface area contributed by atoms with E-state index in [-0.39, 0.29) is 31.8 Å². The van der Waals surface area contributed by atoms with Crippen LogP contribution in [0.4, 0.5) is 0 Å². The van der Waals surface area contributed by atoms with Crippen LogP contribution in [-0.2, 0) is 61.3 Å². The maximum Gasteiger partial charge on any atom is 0.469 e. The molecule has 0 unspecified atom stereocenters. The Hall–Kier alpha value is -3.60. The highest BCUT2D eigenvalue weighted by Gasteiger charge is 2.68. The van der Waals surface area contributed by atoms with Crippen molar-refractivity contribution in [3.63, 3.8) is 0 Å². The molecule has 2 amide bonds. The van der Waals surface area contributed by atoms with Gasteiger partial charge in [-0.15, -0.1) is 0 Å². The zero-order valence-corrected chi connectivity index (χ0v) is 53.9. The van der Waals surface area contributed by atoms with Crippen molar-refractivity contribution in [3.8, 4) is 0 Å². The quantitative estimate of drug-likeness (QED) is 0.0271. The third-order valence-corrected chi connectivity index (χ3v) is 17.6. The normalized spacial score (nSPS) is 30.8. The Morgan fingerprint density at radius 1 is 0.929 bits per heavy atom. The average Bonchev–Trinajstić information content (AvgIpc) is 1.76. The van der Waals surface area contributed by atoms with Gasteiger partial charge in [0.1, 0.15) is 48.6 Å². The van der Waals surface area contributed by atoms with Crippen LogP contribution >= 0.6 is 7.82 Å². The number of ether oxygens (including phenoxy) is 9. The van der Waals surface area contributed by atoms with Gasteiger partial charge in [-0.3, -0.25) is 14.1 Å². The molecule has 4 rings (SSSR count). The maximum atomic E-state index is 13.0. The second kappa shape index (κ2) is 32.8. The summed E-state index contributed by atoms with van der Waals surface area (Å²) in [5.41, 5.74) is 6.83. The van der Waals surface area contributed by atoms with Crippen LogP contribution in [0.25, 0.3) is 6.08 Å². The average molecular weight is 1230 g/mol. The van der Waals surface area contributed by atoms with Crippen molar-refractivity contribution in [2.45, 2.75) is 211 Å². The number of nitrogens with one attached hydrogen (secondary N) is 1. The maximum absolute atomic E-state index is 13.0. The van der Waals surface area contributed by atoms with Crippen LogP contribution in [-0.4, -0.2) is 212 Å². The minimum Gasteiger partial charge on any atom is -0.448 e. The first kappa shape index (κ1) is 73.9. The summed E-state index contributed by atoms with van der Waals surface area (Å²) in [6.45, 7) is 20.1. The van der Waals surface area contributed by atoms with Crippen LogP contribution in [0.15, 0.2) is 63.9 Å². The number of primary amides is 1. The van der Waals surface area contributed by atoms with Gasteiger partial charge in [-0.25, -0.2) is 9.55 Å². The van der Waals surface area contributed by atoms with Gasteiger partial charge in [0.15, 0.2) is 24.1 Å². The highest BCUT2D eigenvalue weighted by Crippen LogP contribution is 2.59. The molecule has 3 fully saturated rings. The molecule has 1 spiro atoms. The highest BCUT2D eigenvalue weighted by molar-refractivity contribution is 7.46. The van der Waals surface area contributed by atoms with Crippen molar-refractivity contribution >= 4 is 25.7 Å². The Morgan fingerprint density at radius 2 is 1.58 bits per heavy atom. The van der Waals surface area contributed by atoms with Crippen LogP contribution in [0.2, 0.25) is 0 Å². The molecule has 0 aromatic carbocycles. The number of oxazole rings is 1. The third kappa shape index (κ3) is 19.4. The van der Waals surface area contributed by atoms with Gasteiger partial charge in [0, 0.05) is 89.6 Å². The Bertz CT molecular complexity index is 2480. The largest absolute Gasteiger partial charge is 0.469 e. The number of hydrogen-bond donors (Lipinski definition) is 8. The number of rotatable bonds is 32. The van der Waals surface area contributed by atoms with Crippen molar-refractivity contribution in [2.75, 3.05) is 56.3 Å². The molecule has 21 atom stereocenters. The van der Waals surface area contributed by atoms with Crippen molar-refractivity contribution in [2.24, 2.45) is 28.9 Å². The van der Waals surface area contributed by atoms with E-state index < -0.39 is 146 Å². The molecule has 1 aromatic heterocycles. The SMILES string of the molecule is COC[C@@H]([C@H](O)[C@H](O)C(=O)N[C@H](C)C[C@H](C)c1nc(/C=C/C[C@@H]2O[C@@]3(C[C@H](O[C@@H]4O[C@@H](C)[C@H](OC)[C@@H](OC)[C@H]4OC)[C@@H]2C)O[C@H]([C@H](C[C@H](O)[C@H](C)[C@H](O)[C@H](C)/C=C(C)/C(C)=C/C=C/C(C)=C\C(N)=O)OC)[C@H](OP(=O)(O)O)C3(C)C)co1)N(C)C. The van der Waals surface area contributed by atoms with Gasteiger partial charge in [-0.1, -0.05) is 77.5 Å². The fourth-order valence-electron chi connectivity index (χ4n) is 11.7. The van der Waals surface area contributed by atoms with Crippen LogP contribution in [0, 0.1) is 23.2 Å². The van der Waals surface area contributed by atoms with Crippen molar-refractivity contribution in [1.29, 1.82) is 0 Å². The molecule has 4 heterocycles. The van der Waals surface area contributed by atoms with Crippen LogP contribution < -0.4 is 11.1 Å². The Morgan fingerprint density at radius 3 is 2.15 bits per heavy atom. The van der Waals surface area contributed by atoms with Gasteiger partial charge in [0.05, 0.1) is 49.3 Å². The third-order valence-electron chi connectivity index (χ3n) is 17.1. The summed E-state index contributed by atoms with van der Waals surface area (Å²) in [5.74, 6) is -4.45. The number of phosphoric acid groups is 1. The lowest BCUT2D eigenvalue weighted by Gasteiger charge is -2.52. The minimum atomic E-state index is -5.26. The van der Waals surface area contributed by atoms with E-state index in [9.17, 15) is 44.4 Å². The molecule has 24 nitrogen and oxygen atoms in total. The van der Waals surface area contributed by atoms with E-state index in [1.165, 1.54) is 33.7 Å². The van der Waals surface area contributed by atoms with Gasteiger partial charge < -0.3 is 93.2 Å². The number of methoxy groups -OCH3 is 5. The summed E-state index contributed by atoms with van der Waals surface area (Å²) in [7, 11) is 5.66. The van der Waals surface area contributed by atoms with E-state index in [0.717, 1.165) is 11.1 Å². The Kier molecular flexibility index (Phi) is 28.5. The topological polar surface area (TPSA) is 332 Å². The molecule has 85 heavy (non-hydrogen) atoms. The first-order chi connectivity index (χ1) is 39.7. The van der Waals surface area contributed by atoms with Gasteiger partial charge in [0.2, 0.25) is 5.91 Å². The summed E-state index contributed by atoms with van der Waals surface area (Å²) < 4.78 is 81.1. The second-order valence-corrected chi connectivity index (χ2v) is 25.3. The lowest BCUT2D eigenvalue weighted by Crippen LogP contribution is -2.62. The van der Waals surface area contributed by atoms with E-state index in [1.54, 1.807) is 86.1 Å². The molecule has 1 aromatic rings. The van der Waals surface area contributed by atoms with Crippen LogP contribution in [0.1, 0.15) is 119 Å². The first-order valence-corrected chi connectivity index (χ1v) is 30.6. The van der Waals surface area contributed by atoms with Crippen molar-refractivity contribution in [3.05, 3.63) is 71.0 Å². The second-order valence-electron chi connectivity index (χ2n) is 24.1. The van der Waals surface area contributed by atoms with Crippen molar-refractivity contribution < 1.29 is 95.9 Å². The molecule has 3 saturated heterocycles. The Labute approximate surface area is 502 Å². The van der Waals surface area contributed by atoms with E-state index in [0.29, 0.717) is 23.6 Å². The predicted octanol–water partition coefficient (Wildman–Crippen LogP) is 4.85. The van der Waals surface area contributed by atoms with Crippen LogP contribution in [0.5, 0.6) is 0 Å². The molecule has 3 aliphatic rings. The zero-order valence-electron chi connectivity index (χ0n) is 53.0. The number of nitrogens with zero attached hydrogens (tertiary/aromatic N) is 2. The van der Waals surface area contributed by atoms with E-state index >= 15 is 0 Å². The summed E-state index contributed by atoms with van der Waals surface area (Å²) in [4.78, 5) is 51.7. The lowest BCUT2D eigenvalue weighted by atomic mass is 9.72. The Balaban J connectivity index is 1.65. The number of hydrogen-bond acceptors (Lipinski definition) is 20. The van der Waals surface area contributed by atoms with Gasteiger partial charge in [-0.05, 0) is 78.8 Å². The molecule has 0 aliphatic carbocycles. The number of aliphatic hydroxyl groups is 4. The predicted molar refractivity (Wildman–Crippen MR) is 316 cm³/mol. The molecule has 0 saturated carbocycles. The molecule has 9 N–H and O–H groups in total. The number of carbonyl (C=O) groups excluding carboxylic acids is 2. The first-order valence-electron chi connectivity index (χ1n) is 29.0. The number of phosphoric ester groups is 1. The van der Waals surface area contributed by atoms with Crippen LogP contribution in [0.3, 0.4) is 0 Å². The number of amides is 2. The zero-order chi connectivity index (χ0) is 64.1. The fourth-order valence-corrected chi connectivity index (χ4v) is 12.4. The monoisotopic (exact) mass is 1230 g/mol.